The van der Waals surface area contributed by atoms with Gasteiger partial charge in [0.2, 0.25) is 11.8 Å². The number of hydrogen-bond acceptors (Lipinski definition) is 2. The first kappa shape index (κ1) is 15.5. The number of nitrogens with one attached hydrogen (secondary N) is 1. The molecule has 0 saturated heterocycles. The minimum absolute atomic E-state index is 0.0562. The first-order valence-corrected chi connectivity index (χ1v) is 7.69. The molecule has 1 atom stereocenters. The predicted molar refractivity (Wildman–Crippen MR) is 82.6 cm³/mol. The van der Waals surface area contributed by atoms with Gasteiger partial charge < -0.3 is 11.1 Å². The molecule has 2 amide bonds. The lowest BCUT2D eigenvalue weighted by Crippen LogP contribution is -2.46. The van der Waals surface area contributed by atoms with Gasteiger partial charge in [-0.2, -0.15) is 0 Å². The zero-order chi connectivity index (χ0) is 15.2. The summed E-state index contributed by atoms with van der Waals surface area (Å²) in [6.07, 6.45) is 5.62. The van der Waals surface area contributed by atoms with Crippen molar-refractivity contribution in [3.8, 4) is 0 Å². The molecular weight excluding hydrogens is 264 g/mol. The highest BCUT2D eigenvalue weighted by Crippen LogP contribution is 2.27. The van der Waals surface area contributed by atoms with E-state index in [1.807, 2.05) is 31.2 Å². The Morgan fingerprint density at radius 3 is 2.57 bits per heavy atom. The Morgan fingerprint density at radius 1 is 1.29 bits per heavy atom. The lowest BCUT2D eigenvalue weighted by atomic mass is 9.99. The Kier molecular flexibility index (Phi) is 5.37. The van der Waals surface area contributed by atoms with E-state index in [1.54, 1.807) is 0 Å². The van der Waals surface area contributed by atoms with Gasteiger partial charge in [0.05, 0.1) is 0 Å². The van der Waals surface area contributed by atoms with Crippen molar-refractivity contribution in [2.75, 3.05) is 0 Å². The molecule has 1 aliphatic rings. The van der Waals surface area contributed by atoms with Crippen LogP contribution in [0.1, 0.15) is 43.2 Å². The zero-order valence-corrected chi connectivity index (χ0v) is 12.6. The molecule has 4 heteroatoms. The number of benzene rings is 1. The maximum absolute atomic E-state index is 12.1. The number of carbonyl (C=O) groups excluding carboxylic acids is 2. The summed E-state index contributed by atoms with van der Waals surface area (Å²) in [6, 6.07) is 7.22. The maximum Gasteiger partial charge on any atom is 0.240 e. The van der Waals surface area contributed by atoms with E-state index in [4.69, 9.17) is 5.73 Å². The average Bonchev–Trinajstić information content (AvgIpc) is 2.93. The SMILES string of the molecule is Cc1ccccc1C[C@@H](NC(=O)CC1CCCC1)C(N)=O. The van der Waals surface area contributed by atoms with E-state index in [-0.39, 0.29) is 5.91 Å². The van der Waals surface area contributed by atoms with Gasteiger partial charge in [0.15, 0.2) is 0 Å². The number of hydrogen-bond donors (Lipinski definition) is 2. The van der Waals surface area contributed by atoms with Crippen LogP contribution in [0.5, 0.6) is 0 Å². The van der Waals surface area contributed by atoms with Crippen LogP contribution in [0.15, 0.2) is 24.3 Å². The van der Waals surface area contributed by atoms with Gasteiger partial charge in [0, 0.05) is 12.8 Å². The molecule has 0 aliphatic heterocycles. The zero-order valence-electron chi connectivity index (χ0n) is 12.6. The molecule has 1 fully saturated rings. The Morgan fingerprint density at radius 2 is 1.95 bits per heavy atom. The second-order valence-electron chi connectivity index (χ2n) is 6.01. The molecule has 0 aromatic heterocycles. The van der Waals surface area contributed by atoms with Crippen LogP contribution in [0.2, 0.25) is 0 Å². The monoisotopic (exact) mass is 288 g/mol. The van der Waals surface area contributed by atoms with Crippen LogP contribution >= 0.6 is 0 Å². The highest BCUT2D eigenvalue weighted by molar-refractivity contribution is 5.86. The van der Waals surface area contributed by atoms with Crippen LogP contribution < -0.4 is 11.1 Å². The molecule has 2 rings (SSSR count). The molecule has 1 saturated carbocycles. The molecule has 114 valence electrons. The van der Waals surface area contributed by atoms with Crippen molar-refractivity contribution in [3.63, 3.8) is 0 Å². The summed E-state index contributed by atoms with van der Waals surface area (Å²) >= 11 is 0. The van der Waals surface area contributed by atoms with E-state index in [0.717, 1.165) is 24.0 Å². The predicted octanol–water partition coefficient (Wildman–Crippen LogP) is 2.09. The van der Waals surface area contributed by atoms with Gasteiger partial charge in [0.1, 0.15) is 6.04 Å². The van der Waals surface area contributed by atoms with Crippen LogP contribution in [0.25, 0.3) is 0 Å². The number of nitrogens with two attached hydrogens (primary N) is 1. The highest BCUT2D eigenvalue weighted by atomic mass is 16.2. The van der Waals surface area contributed by atoms with Gasteiger partial charge in [-0.05, 0) is 36.8 Å². The molecule has 0 spiro atoms. The van der Waals surface area contributed by atoms with E-state index in [9.17, 15) is 9.59 Å². The summed E-state index contributed by atoms with van der Waals surface area (Å²) < 4.78 is 0. The molecule has 1 aliphatic carbocycles. The topological polar surface area (TPSA) is 72.2 Å². The first-order chi connectivity index (χ1) is 10.1. The Balaban J connectivity index is 1.94. The van der Waals surface area contributed by atoms with Crippen molar-refractivity contribution in [1.29, 1.82) is 0 Å². The van der Waals surface area contributed by atoms with Gasteiger partial charge >= 0.3 is 0 Å². The van der Waals surface area contributed by atoms with E-state index < -0.39 is 11.9 Å². The van der Waals surface area contributed by atoms with Crippen molar-refractivity contribution in [2.24, 2.45) is 11.7 Å². The lowest BCUT2D eigenvalue weighted by molar-refractivity contribution is -0.127. The Hall–Kier alpha value is -1.84. The maximum atomic E-state index is 12.1. The summed E-state index contributed by atoms with van der Waals surface area (Å²) in [6.45, 7) is 1.99. The van der Waals surface area contributed by atoms with Crippen molar-refractivity contribution < 1.29 is 9.59 Å². The molecule has 0 radical (unpaired) electrons. The number of primary amides is 1. The molecule has 0 bridgehead atoms. The smallest absolute Gasteiger partial charge is 0.240 e. The molecule has 21 heavy (non-hydrogen) atoms. The number of aryl methyl sites for hydroxylation is 1. The summed E-state index contributed by atoms with van der Waals surface area (Å²) in [5.41, 5.74) is 7.59. The quantitative estimate of drug-likeness (QED) is 0.841. The normalized spacial score (nSPS) is 16.6. The number of rotatable bonds is 6. The third-order valence-electron chi connectivity index (χ3n) is 4.31. The van der Waals surface area contributed by atoms with Crippen LogP contribution in [-0.4, -0.2) is 17.9 Å². The number of carbonyl (C=O) groups is 2. The lowest BCUT2D eigenvalue weighted by Gasteiger charge is -2.18. The molecule has 0 heterocycles. The van der Waals surface area contributed by atoms with Gasteiger partial charge in [-0.15, -0.1) is 0 Å². The highest BCUT2D eigenvalue weighted by Gasteiger charge is 2.23. The summed E-state index contributed by atoms with van der Waals surface area (Å²) in [7, 11) is 0. The Labute approximate surface area is 126 Å². The van der Waals surface area contributed by atoms with Crippen molar-refractivity contribution in [1.82, 2.24) is 5.32 Å². The van der Waals surface area contributed by atoms with E-state index >= 15 is 0 Å². The van der Waals surface area contributed by atoms with E-state index in [1.165, 1.54) is 12.8 Å². The number of amides is 2. The van der Waals surface area contributed by atoms with Crippen molar-refractivity contribution in [3.05, 3.63) is 35.4 Å². The van der Waals surface area contributed by atoms with Crippen LogP contribution in [0.4, 0.5) is 0 Å². The third kappa shape index (κ3) is 4.59. The minimum atomic E-state index is -0.625. The average molecular weight is 288 g/mol. The van der Waals surface area contributed by atoms with Crippen LogP contribution in [0, 0.1) is 12.8 Å². The van der Waals surface area contributed by atoms with Crippen molar-refractivity contribution >= 4 is 11.8 Å². The van der Waals surface area contributed by atoms with E-state index in [0.29, 0.717) is 18.8 Å². The molecular formula is C17H24N2O2. The molecule has 1 aromatic carbocycles. The fraction of sp³-hybridized carbons (Fsp3) is 0.529. The Bertz CT molecular complexity index is 507. The molecule has 1 aromatic rings. The first-order valence-electron chi connectivity index (χ1n) is 7.69. The van der Waals surface area contributed by atoms with Crippen molar-refractivity contribution in [2.45, 2.75) is 51.5 Å². The second-order valence-corrected chi connectivity index (χ2v) is 6.01. The van der Waals surface area contributed by atoms with E-state index in [2.05, 4.69) is 5.32 Å². The fourth-order valence-corrected chi connectivity index (χ4v) is 3.01. The second kappa shape index (κ2) is 7.25. The van der Waals surface area contributed by atoms with Gasteiger partial charge in [0.25, 0.3) is 0 Å². The standard InChI is InChI=1S/C17H24N2O2/c1-12-6-2-5-9-14(12)11-15(17(18)21)19-16(20)10-13-7-3-4-8-13/h2,5-6,9,13,15H,3-4,7-8,10-11H2,1H3,(H2,18,21)(H,19,20)/t15-/m1/s1. The minimum Gasteiger partial charge on any atom is -0.368 e. The van der Waals surface area contributed by atoms with Gasteiger partial charge in [-0.1, -0.05) is 37.1 Å². The largest absolute Gasteiger partial charge is 0.368 e. The van der Waals surface area contributed by atoms with Gasteiger partial charge in [-0.25, -0.2) is 0 Å². The third-order valence-corrected chi connectivity index (χ3v) is 4.31. The van der Waals surface area contributed by atoms with Crippen LogP contribution in [0.3, 0.4) is 0 Å². The molecule has 3 N–H and O–H groups in total. The molecule has 4 nitrogen and oxygen atoms in total. The van der Waals surface area contributed by atoms with Crippen LogP contribution in [-0.2, 0) is 16.0 Å². The summed E-state index contributed by atoms with van der Waals surface area (Å²) in [5, 5.41) is 2.81. The molecule has 0 unspecified atom stereocenters. The summed E-state index contributed by atoms with van der Waals surface area (Å²) in [5.74, 6) is -0.0608. The summed E-state index contributed by atoms with van der Waals surface area (Å²) in [4.78, 5) is 23.7. The van der Waals surface area contributed by atoms with Gasteiger partial charge in [-0.3, -0.25) is 9.59 Å². The fourth-order valence-electron chi connectivity index (χ4n) is 3.01.